The zero-order valence-corrected chi connectivity index (χ0v) is 6.98. The van der Waals surface area contributed by atoms with Gasteiger partial charge < -0.3 is 4.74 Å². The third-order valence-corrected chi connectivity index (χ3v) is 1.48. The number of carbonyl (C=O) groups is 1. The lowest BCUT2D eigenvalue weighted by Crippen LogP contribution is -1.98. The van der Waals surface area contributed by atoms with Gasteiger partial charge in [0.25, 0.3) is 5.91 Å². The van der Waals surface area contributed by atoms with Crippen molar-refractivity contribution in [2.24, 2.45) is 4.99 Å². The van der Waals surface area contributed by atoms with Crippen LogP contribution in [0, 0.1) is 0 Å². The van der Waals surface area contributed by atoms with Crippen LogP contribution < -0.4 is 4.74 Å². The van der Waals surface area contributed by atoms with Crippen molar-refractivity contribution in [1.82, 2.24) is 0 Å². The molecule has 0 heterocycles. The van der Waals surface area contributed by atoms with Crippen molar-refractivity contribution in [2.45, 2.75) is 0 Å². The van der Waals surface area contributed by atoms with E-state index in [-0.39, 0.29) is 5.56 Å². The van der Waals surface area contributed by atoms with Gasteiger partial charge in [-0.2, -0.15) is 0 Å². The quantitative estimate of drug-likeness (QED) is 0.503. The van der Waals surface area contributed by atoms with Crippen LogP contribution in [0.3, 0.4) is 0 Å². The summed E-state index contributed by atoms with van der Waals surface area (Å²) in [7, 11) is 1.44. The number of aliphatic imine (C=N–C) groups is 1. The van der Waals surface area contributed by atoms with Crippen molar-refractivity contribution < 1.29 is 14.3 Å². The van der Waals surface area contributed by atoms with E-state index in [2.05, 4.69) is 4.99 Å². The molecule has 1 amide bonds. The standard InChI is InChI=1S/C9H7NO3/c1-13-8-5-3-2-4-7(8)9(12)10-6-11/h2-5H,1H3. The van der Waals surface area contributed by atoms with Crippen molar-refractivity contribution in [1.29, 1.82) is 0 Å². The smallest absolute Gasteiger partial charge is 0.291 e. The predicted molar refractivity (Wildman–Crippen MR) is 45.4 cm³/mol. The Labute approximate surface area is 74.9 Å². The van der Waals surface area contributed by atoms with E-state index in [1.54, 1.807) is 18.2 Å². The Bertz CT molecular complexity index is 367. The summed E-state index contributed by atoms with van der Waals surface area (Å²) in [5.74, 6) is -0.251. The second-order valence-corrected chi connectivity index (χ2v) is 2.21. The summed E-state index contributed by atoms with van der Waals surface area (Å²) < 4.78 is 4.90. The average molecular weight is 177 g/mol. The van der Waals surface area contributed by atoms with Crippen LogP contribution in [0.1, 0.15) is 10.4 Å². The molecular weight excluding hydrogens is 170 g/mol. The lowest BCUT2D eigenvalue weighted by atomic mass is 10.2. The van der Waals surface area contributed by atoms with Crippen LogP contribution in [-0.4, -0.2) is 19.1 Å². The monoisotopic (exact) mass is 177 g/mol. The summed E-state index contributed by atoms with van der Waals surface area (Å²) in [5.41, 5.74) is 0.258. The molecule has 1 rings (SSSR count). The number of methoxy groups -OCH3 is 1. The number of carbonyl (C=O) groups excluding carboxylic acids is 2. The number of nitrogens with zero attached hydrogens (tertiary/aromatic N) is 1. The highest BCUT2D eigenvalue weighted by Crippen LogP contribution is 2.17. The predicted octanol–water partition coefficient (Wildman–Crippen LogP) is 1.17. The number of hydrogen-bond donors (Lipinski definition) is 0. The van der Waals surface area contributed by atoms with Crippen molar-refractivity contribution in [2.75, 3.05) is 7.11 Å². The number of hydrogen-bond acceptors (Lipinski definition) is 3. The largest absolute Gasteiger partial charge is 0.496 e. The SMILES string of the molecule is COc1ccccc1C(=O)N=C=O. The van der Waals surface area contributed by atoms with Gasteiger partial charge in [0.15, 0.2) is 0 Å². The van der Waals surface area contributed by atoms with Gasteiger partial charge in [-0.3, -0.25) is 4.79 Å². The van der Waals surface area contributed by atoms with Crippen LogP contribution in [0.15, 0.2) is 29.3 Å². The van der Waals surface area contributed by atoms with Crippen LogP contribution in [0.4, 0.5) is 0 Å². The first kappa shape index (κ1) is 9.16. The van der Waals surface area contributed by atoms with E-state index in [0.29, 0.717) is 5.75 Å². The summed E-state index contributed by atoms with van der Waals surface area (Å²) in [6.45, 7) is 0. The second-order valence-electron chi connectivity index (χ2n) is 2.21. The molecule has 4 heteroatoms. The first-order valence-corrected chi connectivity index (χ1v) is 3.55. The van der Waals surface area contributed by atoms with E-state index >= 15 is 0 Å². The van der Waals surface area contributed by atoms with Gasteiger partial charge in [0.2, 0.25) is 6.08 Å². The Morgan fingerprint density at radius 1 is 1.46 bits per heavy atom. The Morgan fingerprint density at radius 3 is 2.77 bits per heavy atom. The van der Waals surface area contributed by atoms with Gasteiger partial charge in [0.05, 0.1) is 12.7 Å². The molecule has 66 valence electrons. The summed E-state index contributed by atoms with van der Waals surface area (Å²) in [6, 6.07) is 6.53. The molecule has 0 aliphatic carbocycles. The normalized spacial score (nSPS) is 8.69. The number of benzene rings is 1. The van der Waals surface area contributed by atoms with E-state index in [1.165, 1.54) is 19.3 Å². The van der Waals surface area contributed by atoms with E-state index in [9.17, 15) is 9.59 Å². The molecule has 4 nitrogen and oxygen atoms in total. The summed E-state index contributed by atoms with van der Waals surface area (Å²) in [5, 5.41) is 0. The van der Waals surface area contributed by atoms with Gasteiger partial charge in [-0.25, -0.2) is 4.79 Å². The van der Waals surface area contributed by atoms with Crippen molar-refractivity contribution >= 4 is 12.0 Å². The average Bonchev–Trinajstić information content (AvgIpc) is 2.18. The van der Waals surface area contributed by atoms with Crippen LogP contribution in [0.5, 0.6) is 5.75 Å². The molecular formula is C9H7NO3. The molecule has 0 aliphatic heterocycles. The topological polar surface area (TPSA) is 55.7 Å². The van der Waals surface area contributed by atoms with E-state index in [4.69, 9.17) is 4.74 Å². The Hall–Kier alpha value is -1.93. The molecule has 0 N–H and O–H groups in total. The molecule has 0 fully saturated rings. The van der Waals surface area contributed by atoms with Gasteiger partial charge in [-0.05, 0) is 12.1 Å². The zero-order chi connectivity index (χ0) is 9.68. The lowest BCUT2D eigenvalue weighted by molar-refractivity contribution is 0.1000. The minimum Gasteiger partial charge on any atom is -0.496 e. The summed E-state index contributed by atoms with van der Waals surface area (Å²) in [6.07, 6.45) is 1.19. The van der Waals surface area contributed by atoms with E-state index in [0.717, 1.165) is 0 Å². The van der Waals surface area contributed by atoms with Gasteiger partial charge in [-0.15, -0.1) is 4.99 Å². The minimum absolute atomic E-state index is 0.258. The van der Waals surface area contributed by atoms with Gasteiger partial charge in [-0.1, -0.05) is 12.1 Å². The van der Waals surface area contributed by atoms with Crippen molar-refractivity contribution in [3.05, 3.63) is 29.8 Å². The van der Waals surface area contributed by atoms with E-state index < -0.39 is 5.91 Å². The molecule has 13 heavy (non-hydrogen) atoms. The van der Waals surface area contributed by atoms with E-state index in [1.807, 2.05) is 0 Å². The van der Waals surface area contributed by atoms with Crippen LogP contribution >= 0.6 is 0 Å². The van der Waals surface area contributed by atoms with Crippen molar-refractivity contribution in [3.8, 4) is 5.75 Å². The van der Waals surface area contributed by atoms with Crippen LogP contribution in [0.2, 0.25) is 0 Å². The third kappa shape index (κ3) is 2.01. The molecule has 1 aromatic rings. The van der Waals surface area contributed by atoms with Gasteiger partial charge in [0.1, 0.15) is 5.75 Å². The molecule has 0 radical (unpaired) electrons. The number of rotatable bonds is 2. The Morgan fingerprint density at radius 2 is 2.15 bits per heavy atom. The van der Waals surface area contributed by atoms with Crippen LogP contribution in [0.25, 0.3) is 0 Å². The molecule has 0 aliphatic rings. The number of para-hydroxylation sites is 1. The Kier molecular flexibility index (Phi) is 2.95. The zero-order valence-electron chi connectivity index (χ0n) is 6.98. The Balaban J connectivity index is 3.12. The second kappa shape index (κ2) is 4.18. The molecule has 0 bridgehead atoms. The molecule has 0 saturated heterocycles. The summed E-state index contributed by atoms with van der Waals surface area (Å²) in [4.78, 5) is 23.9. The molecule has 0 spiro atoms. The molecule has 0 unspecified atom stereocenters. The molecule has 0 atom stereocenters. The maximum Gasteiger partial charge on any atom is 0.291 e. The molecule has 1 aromatic carbocycles. The maximum absolute atomic E-state index is 11.1. The van der Waals surface area contributed by atoms with Crippen LogP contribution in [-0.2, 0) is 4.79 Å². The first-order valence-electron chi connectivity index (χ1n) is 3.55. The van der Waals surface area contributed by atoms with Gasteiger partial charge >= 0.3 is 0 Å². The highest BCUT2D eigenvalue weighted by molar-refractivity contribution is 5.99. The third-order valence-electron chi connectivity index (χ3n) is 1.48. The maximum atomic E-state index is 11.1. The number of isocyanates is 1. The highest BCUT2D eigenvalue weighted by Gasteiger charge is 2.09. The fraction of sp³-hybridized carbons (Fsp3) is 0.111. The molecule has 0 aromatic heterocycles. The molecule has 0 saturated carbocycles. The fourth-order valence-electron chi connectivity index (χ4n) is 0.923. The fourth-order valence-corrected chi connectivity index (χ4v) is 0.923. The van der Waals surface area contributed by atoms with Crippen molar-refractivity contribution in [3.63, 3.8) is 0 Å². The lowest BCUT2D eigenvalue weighted by Gasteiger charge is -2.02. The first-order chi connectivity index (χ1) is 6.29. The number of amides is 1. The minimum atomic E-state index is -0.646. The summed E-state index contributed by atoms with van der Waals surface area (Å²) >= 11 is 0. The highest BCUT2D eigenvalue weighted by atomic mass is 16.5. The number of ether oxygens (including phenoxy) is 1. The van der Waals surface area contributed by atoms with Gasteiger partial charge in [0, 0.05) is 0 Å².